The highest BCUT2D eigenvalue weighted by atomic mass is 32.2. The number of rotatable bonds is 4. The van der Waals surface area contributed by atoms with Gasteiger partial charge in [-0.25, -0.2) is 8.42 Å². The van der Waals surface area contributed by atoms with Gasteiger partial charge in [0, 0.05) is 24.7 Å². The van der Waals surface area contributed by atoms with E-state index in [1.54, 1.807) is 28.6 Å². The summed E-state index contributed by atoms with van der Waals surface area (Å²) in [6.45, 7) is 3.12. The second-order valence-electron chi connectivity index (χ2n) is 7.85. The second kappa shape index (κ2) is 6.94. The van der Waals surface area contributed by atoms with E-state index in [2.05, 4.69) is 10.6 Å². The van der Waals surface area contributed by atoms with Crippen LogP contribution in [0.25, 0.3) is 0 Å². The van der Waals surface area contributed by atoms with Gasteiger partial charge in [-0.2, -0.15) is 4.31 Å². The average Bonchev–Trinajstić information content (AvgIpc) is 3.36. The predicted molar refractivity (Wildman–Crippen MR) is 100 cm³/mol. The summed E-state index contributed by atoms with van der Waals surface area (Å²) in [6, 6.07) is 6.69. The highest BCUT2D eigenvalue weighted by Gasteiger charge is 2.57. The fourth-order valence-electron chi connectivity index (χ4n) is 4.41. The van der Waals surface area contributed by atoms with Crippen molar-refractivity contribution in [2.45, 2.75) is 43.4 Å². The molecule has 0 aromatic heterocycles. The highest BCUT2D eigenvalue weighted by molar-refractivity contribution is 7.89. The van der Waals surface area contributed by atoms with Crippen molar-refractivity contribution >= 4 is 21.6 Å². The first kappa shape index (κ1) is 17.9. The molecule has 7 heteroatoms. The van der Waals surface area contributed by atoms with E-state index in [1.165, 1.54) is 0 Å². The minimum atomic E-state index is -3.48. The number of hydrogen-bond acceptors (Lipinski definition) is 4. The average molecular weight is 378 g/mol. The summed E-state index contributed by atoms with van der Waals surface area (Å²) in [4.78, 5) is 12.9. The molecule has 3 fully saturated rings. The zero-order chi connectivity index (χ0) is 18.2. The second-order valence-corrected chi connectivity index (χ2v) is 9.79. The molecule has 1 unspecified atom stereocenters. The Bertz CT molecular complexity index is 781. The van der Waals surface area contributed by atoms with E-state index in [0.717, 1.165) is 51.6 Å². The van der Waals surface area contributed by atoms with Crippen LogP contribution in [0.4, 0.5) is 5.69 Å². The van der Waals surface area contributed by atoms with Crippen molar-refractivity contribution in [2.75, 3.05) is 31.5 Å². The van der Waals surface area contributed by atoms with E-state index in [1.807, 2.05) is 0 Å². The molecule has 4 rings (SSSR count). The zero-order valence-corrected chi connectivity index (χ0v) is 15.9. The van der Waals surface area contributed by atoms with Gasteiger partial charge in [0.05, 0.1) is 4.90 Å². The summed E-state index contributed by atoms with van der Waals surface area (Å²) >= 11 is 0. The van der Waals surface area contributed by atoms with Gasteiger partial charge in [0.25, 0.3) is 0 Å². The Morgan fingerprint density at radius 3 is 2.62 bits per heavy atom. The molecule has 6 nitrogen and oxygen atoms in total. The van der Waals surface area contributed by atoms with Gasteiger partial charge >= 0.3 is 0 Å². The van der Waals surface area contributed by atoms with Crippen molar-refractivity contribution in [1.82, 2.24) is 9.62 Å². The lowest BCUT2D eigenvalue weighted by Crippen LogP contribution is -2.35. The van der Waals surface area contributed by atoms with Crippen LogP contribution < -0.4 is 10.6 Å². The highest BCUT2D eigenvalue weighted by Crippen LogP contribution is 2.58. The van der Waals surface area contributed by atoms with E-state index in [4.69, 9.17) is 0 Å². The van der Waals surface area contributed by atoms with Crippen LogP contribution in [0, 0.1) is 11.3 Å². The molecule has 0 bridgehead atoms. The summed E-state index contributed by atoms with van der Waals surface area (Å²) < 4.78 is 27.2. The van der Waals surface area contributed by atoms with Gasteiger partial charge in [0.2, 0.25) is 15.9 Å². The van der Waals surface area contributed by atoms with E-state index in [9.17, 15) is 13.2 Å². The molecule has 1 atom stereocenters. The van der Waals surface area contributed by atoms with Crippen molar-refractivity contribution < 1.29 is 13.2 Å². The third-order valence-corrected chi connectivity index (χ3v) is 8.05. The third kappa shape index (κ3) is 3.40. The Morgan fingerprint density at radius 2 is 1.88 bits per heavy atom. The van der Waals surface area contributed by atoms with Crippen LogP contribution in [0.2, 0.25) is 0 Å². The number of piperidine rings is 2. The smallest absolute Gasteiger partial charge is 0.243 e. The number of amides is 1. The van der Waals surface area contributed by atoms with Crippen LogP contribution in [0.5, 0.6) is 0 Å². The molecule has 1 spiro atoms. The molecule has 1 aromatic carbocycles. The maximum atomic E-state index is 12.8. The van der Waals surface area contributed by atoms with Gasteiger partial charge in [-0.1, -0.05) is 12.5 Å². The predicted octanol–water partition coefficient (Wildman–Crippen LogP) is 2.19. The summed E-state index contributed by atoms with van der Waals surface area (Å²) in [7, 11) is -3.48. The number of benzene rings is 1. The number of carbonyl (C=O) groups is 1. The van der Waals surface area contributed by atoms with Crippen LogP contribution in [-0.4, -0.2) is 44.8 Å². The number of anilines is 1. The molecule has 142 valence electrons. The maximum Gasteiger partial charge on any atom is 0.243 e. The van der Waals surface area contributed by atoms with Crippen molar-refractivity contribution in [3.63, 3.8) is 0 Å². The summed E-state index contributed by atoms with van der Waals surface area (Å²) in [5.74, 6) is 0.0892. The molecular weight excluding hydrogens is 350 g/mol. The van der Waals surface area contributed by atoms with Crippen LogP contribution in [0.15, 0.2) is 29.2 Å². The van der Waals surface area contributed by atoms with E-state index < -0.39 is 10.0 Å². The number of carbonyl (C=O) groups excluding carboxylic acids is 1. The molecule has 0 radical (unpaired) electrons. The molecule has 2 saturated heterocycles. The van der Waals surface area contributed by atoms with Gasteiger partial charge in [-0.05, 0) is 68.8 Å². The van der Waals surface area contributed by atoms with Gasteiger partial charge in [-0.3, -0.25) is 4.79 Å². The fourth-order valence-corrected chi connectivity index (χ4v) is 5.98. The number of nitrogens with zero attached hydrogens (tertiary/aromatic N) is 1. The first-order valence-electron chi connectivity index (χ1n) is 9.63. The summed E-state index contributed by atoms with van der Waals surface area (Å²) in [5.41, 5.74) is 0.747. The monoisotopic (exact) mass is 377 g/mol. The first-order valence-corrected chi connectivity index (χ1v) is 11.1. The van der Waals surface area contributed by atoms with E-state index in [-0.39, 0.29) is 22.1 Å². The third-order valence-electron chi connectivity index (χ3n) is 6.16. The summed E-state index contributed by atoms with van der Waals surface area (Å²) in [6.07, 6.45) is 5.96. The molecule has 26 heavy (non-hydrogen) atoms. The van der Waals surface area contributed by atoms with Crippen molar-refractivity contribution in [1.29, 1.82) is 0 Å². The maximum absolute atomic E-state index is 12.8. The van der Waals surface area contributed by atoms with Crippen molar-refractivity contribution in [2.24, 2.45) is 11.3 Å². The van der Waals surface area contributed by atoms with Crippen LogP contribution in [0.3, 0.4) is 0 Å². The molecule has 3 aliphatic rings. The van der Waals surface area contributed by atoms with Crippen LogP contribution in [-0.2, 0) is 14.8 Å². The van der Waals surface area contributed by atoms with Gasteiger partial charge < -0.3 is 10.6 Å². The van der Waals surface area contributed by atoms with Crippen LogP contribution in [0.1, 0.15) is 38.5 Å². The van der Waals surface area contributed by atoms with Gasteiger partial charge in [-0.15, -0.1) is 0 Å². The van der Waals surface area contributed by atoms with Gasteiger partial charge in [0.1, 0.15) is 0 Å². The molecule has 2 heterocycles. The lowest BCUT2D eigenvalue weighted by atomic mass is 9.92. The SMILES string of the molecule is O=C(Nc1cccc(S(=O)(=O)N2CCCCC2)c1)C1CC12CCNCC2. The molecule has 1 saturated carbocycles. The molecule has 1 amide bonds. The standard InChI is InChI=1S/C19H27N3O3S/c23-18(17-14-19(17)7-9-20-10-8-19)21-15-5-4-6-16(13-15)26(24,25)22-11-2-1-3-12-22/h4-6,13,17,20H,1-3,7-12,14H2,(H,21,23). The van der Waals surface area contributed by atoms with Crippen LogP contribution >= 0.6 is 0 Å². The van der Waals surface area contributed by atoms with E-state index >= 15 is 0 Å². The Hall–Kier alpha value is -1.44. The van der Waals surface area contributed by atoms with Crippen molar-refractivity contribution in [3.05, 3.63) is 24.3 Å². The molecular formula is C19H27N3O3S. The quantitative estimate of drug-likeness (QED) is 0.843. The molecule has 1 aliphatic carbocycles. The Morgan fingerprint density at radius 1 is 1.15 bits per heavy atom. The number of sulfonamides is 1. The minimum Gasteiger partial charge on any atom is -0.326 e. The topological polar surface area (TPSA) is 78.5 Å². The lowest BCUT2D eigenvalue weighted by Gasteiger charge is -2.26. The Kier molecular flexibility index (Phi) is 4.79. The Labute approximate surface area is 155 Å². The van der Waals surface area contributed by atoms with Crippen molar-refractivity contribution in [3.8, 4) is 0 Å². The normalized spacial score (nSPS) is 25.8. The molecule has 2 aliphatic heterocycles. The minimum absolute atomic E-state index is 0.0272. The zero-order valence-electron chi connectivity index (χ0n) is 15.0. The largest absolute Gasteiger partial charge is 0.326 e. The number of hydrogen-bond donors (Lipinski definition) is 2. The lowest BCUT2D eigenvalue weighted by molar-refractivity contribution is -0.118. The fraction of sp³-hybridized carbons (Fsp3) is 0.632. The summed E-state index contributed by atoms with van der Waals surface area (Å²) in [5, 5.41) is 6.29. The Balaban J connectivity index is 1.45. The molecule has 1 aromatic rings. The number of nitrogens with one attached hydrogen (secondary N) is 2. The first-order chi connectivity index (χ1) is 12.5. The molecule has 2 N–H and O–H groups in total. The van der Waals surface area contributed by atoms with E-state index in [0.29, 0.717) is 18.8 Å². The van der Waals surface area contributed by atoms with Gasteiger partial charge in [0.15, 0.2) is 0 Å².